The van der Waals surface area contributed by atoms with Crippen molar-refractivity contribution < 1.29 is 5.11 Å². The lowest BCUT2D eigenvalue weighted by molar-refractivity contribution is 0.151. The maximum absolute atomic E-state index is 12.4. The molecule has 0 aromatic carbocycles. The molecule has 0 saturated carbocycles. The Morgan fingerprint density at radius 2 is 2.23 bits per heavy atom. The van der Waals surface area contributed by atoms with Crippen molar-refractivity contribution in [1.29, 1.82) is 0 Å². The third-order valence-electron chi connectivity index (χ3n) is 4.59. The second kappa shape index (κ2) is 8.49. The van der Waals surface area contributed by atoms with Crippen LogP contribution in [0, 0.1) is 6.92 Å². The highest BCUT2D eigenvalue weighted by atomic mass is 35.5. The van der Waals surface area contributed by atoms with Gasteiger partial charge >= 0.3 is 0 Å². The van der Waals surface area contributed by atoms with Crippen LogP contribution in [0.25, 0.3) is 20.7 Å². The summed E-state index contributed by atoms with van der Waals surface area (Å²) in [4.78, 5) is 23.1. The Kier molecular flexibility index (Phi) is 6.81. The largest absolute Gasteiger partial charge is 0.395 e. The normalized spacial score (nSPS) is 17.2. The van der Waals surface area contributed by atoms with Crippen molar-refractivity contribution in [2.24, 2.45) is 0 Å². The minimum Gasteiger partial charge on any atom is -0.395 e. The Morgan fingerprint density at radius 3 is 2.92 bits per heavy atom. The van der Waals surface area contributed by atoms with Gasteiger partial charge in [0.2, 0.25) is 0 Å². The number of aryl methyl sites for hydroxylation is 1. The summed E-state index contributed by atoms with van der Waals surface area (Å²) in [5.41, 5.74) is 2.58. The van der Waals surface area contributed by atoms with Gasteiger partial charge in [-0.05, 0) is 32.4 Å². The number of halogens is 2. The molecule has 0 bridgehead atoms. The van der Waals surface area contributed by atoms with E-state index in [1.807, 2.05) is 13.0 Å². The van der Waals surface area contributed by atoms with Gasteiger partial charge in [0.25, 0.3) is 5.56 Å². The molecule has 1 saturated heterocycles. The zero-order valence-corrected chi connectivity index (χ0v) is 16.6. The van der Waals surface area contributed by atoms with Gasteiger partial charge in [0, 0.05) is 22.2 Å². The number of hydrogen-bond acceptors (Lipinski definition) is 6. The molecule has 142 valence electrons. The van der Waals surface area contributed by atoms with Crippen LogP contribution in [0.4, 0.5) is 0 Å². The van der Waals surface area contributed by atoms with E-state index in [1.165, 1.54) is 11.3 Å². The molecule has 7 nitrogen and oxygen atoms in total. The van der Waals surface area contributed by atoms with Crippen LogP contribution in [0.5, 0.6) is 0 Å². The molecule has 3 N–H and O–H groups in total. The van der Waals surface area contributed by atoms with Crippen molar-refractivity contribution in [2.45, 2.75) is 32.4 Å². The Labute approximate surface area is 166 Å². The summed E-state index contributed by atoms with van der Waals surface area (Å²) in [5.74, 6) is 0.654. The first-order chi connectivity index (χ1) is 11.7. The van der Waals surface area contributed by atoms with Gasteiger partial charge in [0.05, 0.1) is 24.9 Å². The molecule has 4 heterocycles. The van der Waals surface area contributed by atoms with Crippen molar-refractivity contribution in [1.82, 2.24) is 25.1 Å². The van der Waals surface area contributed by atoms with E-state index in [2.05, 4.69) is 25.1 Å². The number of nitrogens with one attached hydrogen (secondary N) is 2. The lowest BCUT2D eigenvalue weighted by atomic mass is 10.2. The molecule has 0 radical (unpaired) electrons. The number of fused-ring (bicyclic) bond motifs is 1. The summed E-state index contributed by atoms with van der Waals surface area (Å²) < 4.78 is 0.634. The number of nitrogens with zero attached hydrogens (tertiary/aromatic N) is 3. The smallest absolute Gasteiger partial charge is 0.268 e. The maximum Gasteiger partial charge on any atom is 0.268 e. The number of likely N-dealkylation sites (tertiary alicyclic amines) is 1. The predicted octanol–water partition coefficient (Wildman–Crippen LogP) is 2.48. The molecule has 1 aliphatic rings. The Hall–Kier alpha value is -1.45. The van der Waals surface area contributed by atoms with Crippen LogP contribution in [0.1, 0.15) is 24.4 Å². The molecule has 26 heavy (non-hydrogen) atoms. The number of aliphatic hydroxyl groups is 1. The van der Waals surface area contributed by atoms with Crippen LogP contribution in [0.3, 0.4) is 0 Å². The van der Waals surface area contributed by atoms with Gasteiger partial charge in [0.1, 0.15) is 10.5 Å². The lowest BCUT2D eigenvalue weighted by Crippen LogP contribution is -2.32. The van der Waals surface area contributed by atoms with Gasteiger partial charge in [0.15, 0.2) is 0 Å². The summed E-state index contributed by atoms with van der Waals surface area (Å²) >= 11 is 1.43. The molecule has 10 heteroatoms. The van der Waals surface area contributed by atoms with Gasteiger partial charge in [-0.2, -0.15) is 5.10 Å². The van der Waals surface area contributed by atoms with Crippen molar-refractivity contribution in [3.8, 4) is 10.4 Å². The monoisotopic (exact) mass is 417 g/mol. The van der Waals surface area contributed by atoms with Crippen molar-refractivity contribution in [3.05, 3.63) is 34.1 Å². The van der Waals surface area contributed by atoms with E-state index in [4.69, 9.17) is 0 Å². The Balaban J connectivity index is 0.00000121. The van der Waals surface area contributed by atoms with E-state index in [9.17, 15) is 9.90 Å². The zero-order chi connectivity index (χ0) is 16.7. The zero-order valence-electron chi connectivity index (χ0n) is 14.2. The predicted molar refractivity (Wildman–Crippen MR) is 108 cm³/mol. The third kappa shape index (κ3) is 3.79. The minimum absolute atomic E-state index is 0. The van der Waals surface area contributed by atoms with E-state index in [0.717, 1.165) is 35.5 Å². The van der Waals surface area contributed by atoms with Gasteiger partial charge in [-0.25, -0.2) is 4.98 Å². The highest BCUT2D eigenvalue weighted by molar-refractivity contribution is 7.22. The van der Waals surface area contributed by atoms with E-state index in [1.54, 1.807) is 6.20 Å². The summed E-state index contributed by atoms with van der Waals surface area (Å²) in [6, 6.07) is 2.11. The number of rotatable bonds is 4. The molecule has 3 aromatic heterocycles. The molecule has 0 aliphatic carbocycles. The summed E-state index contributed by atoms with van der Waals surface area (Å²) in [6.45, 7) is 3.59. The maximum atomic E-state index is 12.4. The Bertz CT molecular complexity index is 938. The minimum atomic E-state index is -0.104. The first kappa shape index (κ1) is 20.9. The first-order valence-corrected chi connectivity index (χ1v) is 8.85. The molecule has 0 unspecified atom stereocenters. The van der Waals surface area contributed by atoms with Crippen molar-refractivity contribution in [2.75, 3.05) is 13.2 Å². The molecular formula is C16H21Cl2N5O2S. The number of aromatic amines is 2. The number of aliphatic hydroxyl groups excluding tert-OH is 1. The molecule has 4 rings (SSSR count). The molecule has 1 fully saturated rings. The van der Waals surface area contributed by atoms with Crippen LogP contribution in [-0.2, 0) is 6.54 Å². The fourth-order valence-corrected chi connectivity index (χ4v) is 4.36. The van der Waals surface area contributed by atoms with Crippen LogP contribution in [-0.4, -0.2) is 49.4 Å². The van der Waals surface area contributed by atoms with E-state index < -0.39 is 0 Å². The van der Waals surface area contributed by atoms with Gasteiger partial charge in [-0.3, -0.25) is 14.8 Å². The van der Waals surface area contributed by atoms with Gasteiger partial charge in [-0.1, -0.05) is 0 Å². The van der Waals surface area contributed by atoms with Crippen LogP contribution >= 0.6 is 36.2 Å². The average molecular weight is 418 g/mol. The number of thiophene rings is 1. The quantitative estimate of drug-likeness (QED) is 0.605. The van der Waals surface area contributed by atoms with Crippen LogP contribution in [0.15, 0.2) is 17.1 Å². The van der Waals surface area contributed by atoms with Gasteiger partial charge in [-0.15, -0.1) is 36.2 Å². The summed E-state index contributed by atoms with van der Waals surface area (Å²) in [7, 11) is 0. The molecule has 1 atom stereocenters. The Morgan fingerprint density at radius 1 is 1.42 bits per heavy atom. The molecule has 0 spiro atoms. The van der Waals surface area contributed by atoms with E-state index in [0.29, 0.717) is 22.6 Å². The second-order valence-corrected chi connectivity index (χ2v) is 7.25. The molecule has 1 aliphatic heterocycles. The average Bonchev–Trinajstić information content (AvgIpc) is 3.26. The summed E-state index contributed by atoms with van der Waals surface area (Å²) in [6.07, 6.45) is 3.83. The first-order valence-electron chi connectivity index (χ1n) is 8.03. The van der Waals surface area contributed by atoms with Crippen molar-refractivity contribution in [3.63, 3.8) is 0 Å². The lowest BCUT2D eigenvalue weighted by Gasteiger charge is -2.21. The highest BCUT2D eigenvalue weighted by Gasteiger charge is 2.24. The van der Waals surface area contributed by atoms with E-state index in [-0.39, 0.29) is 43.0 Å². The molecular weight excluding hydrogens is 397 g/mol. The topological polar surface area (TPSA) is 97.9 Å². The third-order valence-corrected chi connectivity index (χ3v) is 5.75. The fraction of sp³-hybridized carbons (Fsp3) is 0.438. The SMILES string of the molecule is Cc1[nH]ncc1-c1cc2nc(CN3CCC[C@H]3CO)[nH]c(=O)c2s1.Cl.Cl. The molecule has 3 aromatic rings. The number of H-pyrrole nitrogens is 2. The fourth-order valence-electron chi connectivity index (χ4n) is 3.30. The highest BCUT2D eigenvalue weighted by Crippen LogP contribution is 2.32. The second-order valence-electron chi connectivity index (χ2n) is 6.20. The molecule has 0 amide bonds. The van der Waals surface area contributed by atoms with Crippen molar-refractivity contribution >= 4 is 46.4 Å². The van der Waals surface area contributed by atoms with Crippen LogP contribution < -0.4 is 5.56 Å². The van der Waals surface area contributed by atoms with Crippen LogP contribution in [0.2, 0.25) is 0 Å². The number of hydrogen-bond donors (Lipinski definition) is 3. The summed E-state index contributed by atoms with van der Waals surface area (Å²) in [5, 5.41) is 16.4. The standard InChI is InChI=1S/C16H19N5O2S.2ClH/c1-9-11(6-17-20-9)13-5-12-15(24-13)16(23)19-14(18-12)7-21-4-2-3-10(21)8-22;;/h5-6,10,22H,2-4,7-8H2,1H3,(H,17,20)(H,18,19,23);2*1H/t10-;;/m0../s1. The number of aromatic nitrogens is 4. The van der Waals surface area contributed by atoms with E-state index >= 15 is 0 Å². The van der Waals surface area contributed by atoms with Gasteiger partial charge < -0.3 is 10.1 Å².